The van der Waals surface area contributed by atoms with Crippen molar-refractivity contribution < 1.29 is 14.4 Å². The van der Waals surface area contributed by atoms with Gasteiger partial charge >= 0.3 is 0 Å². The van der Waals surface area contributed by atoms with Crippen molar-refractivity contribution in [3.05, 3.63) is 99.6 Å². The maximum atomic E-state index is 11.3. The number of non-ortho nitro benzene ring substituents is 1. The smallest absolute Gasteiger partial charge is 0.269 e. The fourth-order valence-electron chi connectivity index (χ4n) is 4.30. The summed E-state index contributed by atoms with van der Waals surface area (Å²) in [6, 6.07) is 22.5. The lowest BCUT2D eigenvalue weighted by molar-refractivity contribution is -0.385. The molecular formula is C26H25N3O4. The first-order valence-corrected chi connectivity index (χ1v) is 11.2. The van der Waals surface area contributed by atoms with Crippen LogP contribution in [0.5, 0.6) is 11.5 Å². The molecule has 0 saturated heterocycles. The van der Waals surface area contributed by atoms with Crippen LogP contribution in [0.25, 0.3) is 0 Å². The van der Waals surface area contributed by atoms with Crippen LogP contribution in [0.2, 0.25) is 0 Å². The van der Waals surface area contributed by atoms with Crippen molar-refractivity contribution in [1.29, 1.82) is 0 Å². The lowest BCUT2D eigenvalue weighted by Crippen LogP contribution is -2.33. The monoisotopic (exact) mass is 443 g/mol. The second-order valence-electron chi connectivity index (χ2n) is 8.23. The number of nitro groups is 1. The SMILES string of the molecule is CCCCOc1ccc(C2=NN3[C@H](C2)c2ccccc2O[C@H]3c2cccc([N+](=O)[O-])c2)cc1. The van der Waals surface area contributed by atoms with E-state index in [0.29, 0.717) is 12.2 Å². The second kappa shape index (κ2) is 8.94. The quantitative estimate of drug-likeness (QED) is 0.254. The Bertz CT molecular complexity index is 1190. The molecule has 0 N–H and O–H groups in total. The average Bonchev–Trinajstić information content (AvgIpc) is 3.30. The molecule has 2 aliphatic rings. The van der Waals surface area contributed by atoms with Crippen molar-refractivity contribution in [2.45, 2.75) is 38.5 Å². The third kappa shape index (κ3) is 4.14. The van der Waals surface area contributed by atoms with Crippen LogP contribution < -0.4 is 9.47 Å². The summed E-state index contributed by atoms with van der Waals surface area (Å²) in [5, 5.41) is 18.2. The molecule has 7 nitrogen and oxygen atoms in total. The summed E-state index contributed by atoms with van der Waals surface area (Å²) in [7, 11) is 0. The average molecular weight is 444 g/mol. The number of ether oxygens (including phenoxy) is 2. The molecule has 0 aliphatic carbocycles. The van der Waals surface area contributed by atoms with Crippen LogP contribution in [0, 0.1) is 10.1 Å². The number of nitrogens with zero attached hydrogens (tertiary/aromatic N) is 3. The van der Waals surface area contributed by atoms with E-state index in [1.54, 1.807) is 12.1 Å². The van der Waals surface area contributed by atoms with Gasteiger partial charge in [-0.05, 0) is 42.3 Å². The summed E-state index contributed by atoms with van der Waals surface area (Å²) in [6.45, 7) is 2.86. The Balaban J connectivity index is 1.47. The minimum absolute atomic E-state index is 0.00491. The number of hydrazone groups is 1. The molecular weight excluding hydrogens is 418 g/mol. The summed E-state index contributed by atoms with van der Waals surface area (Å²) in [5.41, 5.74) is 3.79. The van der Waals surface area contributed by atoms with Gasteiger partial charge in [-0.15, -0.1) is 0 Å². The standard InChI is InChI=1S/C26H25N3O4/c1-2-3-15-32-21-13-11-18(12-14-21)23-17-24-22-9-4-5-10-25(22)33-26(28(24)27-23)19-7-6-8-20(16-19)29(30)31/h4-14,16,24,26H,2-3,15,17H2,1H3/t24-,26+/m1/s1. The van der Waals surface area contributed by atoms with Gasteiger partial charge in [0, 0.05) is 29.7 Å². The van der Waals surface area contributed by atoms with Gasteiger partial charge in [0.1, 0.15) is 11.5 Å². The van der Waals surface area contributed by atoms with Crippen LogP contribution in [0.1, 0.15) is 55.1 Å². The van der Waals surface area contributed by atoms with Gasteiger partial charge in [-0.25, -0.2) is 5.01 Å². The molecule has 2 aliphatic heterocycles. The van der Waals surface area contributed by atoms with E-state index in [1.807, 2.05) is 53.5 Å². The number of rotatable bonds is 7. The maximum absolute atomic E-state index is 11.3. The topological polar surface area (TPSA) is 77.2 Å². The number of para-hydroxylation sites is 1. The maximum Gasteiger partial charge on any atom is 0.269 e. The molecule has 0 fully saturated rings. The zero-order valence-electron chi connectivity index (χ0n) is 18.4. The number of hydrogen-bond donors (Lipinski definition) is 0. The summed E-state index contributed by atoms with van der Waals surface area (Å²) < 4.78 is 12.1. The molecule has 0 aromatic heterocycles. The summed E-state index contributed by atoms with van der Waals surface area (Å²) in [6.07, 6.45) is 2.31. The molecule has 3 aromatic carbocycles. The van der Waals surface area contributed by atoms with Crippen LogP contribution in [0.4, 0.5) is 5.69 Å². The van der Waals surface area contributed by atoms with E-state index >= 15 is 0 Å². The zero-order chi connectivity index (χ0) is 22.8. The molecule has 33 heavy (non-hydrogen) atoms. The molecule has 0 radical (unpaired) electrons. The van der Waals surface area contributed by atoms with Gasteiger partial charge in [0.15, 0.2) is 0 Å². The molecule has 7 heteroatoms. The first kappa shape index (κ1) is 21.0. The van der Waals surface area contributed by atoms with Crippen molar-refractivity contribution in [1.82, 2.24) is 5.01 Å². The second-order valence-corrected chi connectivity index (χ2v) is 8.23. The number of benzene rings is 3. The van der Waals surface area contributed by atoms with Crippen LogP contribution in [-0.4, -0.2) is 22.3 Å². The predicted molar refractivity (Wildman–Crippen MR) is 125 cm³/mol. The van der Waals surface area contributed by atoms with E-state index in [0.717, 1.165) is 47.6 Å². The highest BCUT2D eigenvalue weighted by atomic mass is 16.6. The van der Waals surface area contributed by atoms with Gasteiger partial charge in [-0.2, -0.15) is 5.10 Å². The van der Waals surface area contributed by atoms with Crippen molar-refractivity contribution in [2.24, 2.45) is 5.10 Å². The number of hydrogen-bond acceptors (Lipinski definition) is 6. The molecule has 2 atom stereocenters. The highest BCUT2D eigenvalue weighted by molar-refractivity contribution is 6.02. The Hall–Kier alpha value is -3.87. The lowest BCUT2D eigenvalue weighted by atomic mass is 9.96. The summed E-state index contributed by atoms with van der Waals surface area (Å²) in [5.74, 6) is 1.64. The largest absolute Gasteiger partial charge is 0.494 e. The zero-order valence-corrected chi connectivity index (χ0v) is 18.4. The Morgan fingerprint density at radius 3 is 2.73 bits per heavy atom. The van der Waals surface area contributed by atoms with Gasteiger partial charge in [0.05, 0.1) is 23.3 Å². The number of fused-ring (bicyclic) bond motifs is 3. The molecule has 5 rings (SSSR count). The molecule has 0 spiro atoms. The van der Waals surface area contributed by atoms with Gasteiger partial charge < -0.3 is 9.47 Å². The van der Waals surface area contributed by atoms with Crippen LogP contribution >= 0.6 is 0 Å². The van der Waals surface area contributed by atoms with Crippen LogP contribution in [0.3, 0.4) is 0 Å². The minimum atomic E-state index is -0.543. The fraction of sp³-hybridized carbons (Fsp3) is 0.269. The highest BCUT2D eigenvalue weighted by Gasteiger charge is 2.41. The number of nitro benzene ring substituents is 1. The highest BCUT2D eigenvalue weighted by Crippen LogP contribution is 2.47. The normalized spacial score (nSPS) is 18.7. The van der Waals surface area contributed by atoms with Crippen molar-refractivity contribution >= 4 is 11.4 Å². The molecule has 0 saturated carbocycles. The first-order valence-electron chi connectivity index (χ1n) is 11.2. The predicted octanol–water partition coefficient (Wildman–Crippen LogP) is 6.02. The Kier molecular flexibility index (Phi) is 5.69. The van der Waals surface area contributed by atoms with E-state index in [4.69, 9.17) is 14.6 Å². The molecule has 2 heterocycles. The lowest BCUT2D eigenvalue weighted by Gasteiger charge is -2.38. The van der Waals surface area contributed by atoms with E-state index < -0.39 is 6.23 Å². The van der Waals surface area contributed by atoms with Gasteiger partial charge in [-0.1, -0.05) is 43.7 Å². The van der Waals surface area contributed by atoms with Gasteiger partial charge in [0.2, 0.25) is 6.23 Å². The molecule has 168 valence electrons. The van der Waals surface area contributed by atoms with E-state index in [-0.39, 0.29) is 16.7 Å². The number of unbranched alkanes of at least 4 members (excludes halogenated alkanes) is 1. The molecule has 0 unspecified atom stereocenters. The summed E-state index contributed by atoms with van der Waals surface area (Å²) >= 11 is 0. The van der Waals surface area contributed by atoms with Crippen molar-refractivity contribution in [3.8, 4) is 11.5 Å². The molecule has 0 bridgehead atoms. The Labute approximate surface area is 192 Å². The van der Waals surface area contributed by atoms with E-state index in [1.165, 1.54) is 6.07 Å². The van der Waals surface area contributed by atoms with E-state index in [2.05, 4.69) is 13.0 Å². The molecule has 0 amide bonds. The fourth-order valence-corrected chi connectivity index (χ4v) is 4.30. The van der Waals surface area contributed by atoms with Crippen molar-refractivity contribution in [3.63, 3.8) is 0 Å². The minimum Gasteiger partial charge on any atom is -0.494 e. The van der Waals surface area contributed by atoms with Crippen LogP contribution in [0.15, 0.2) is 77.9 Å². The van der Waals surface area contributed by atoms with Gasteiger partial charge in [-0.3, -0.25) is 10.1 Å². The van der Waals surface area contributed by atoms with Crippen LogP contribution in [-0.2, 0) is 0 Å². The van der Waals surface area contributed by atoms with Gasteiger partial charge in [0.25, 0.3) is 5.69 Å². The Morgan fingerprint density at radius 1 is 1.12 bits per heavy atom. The van der Waals surface area contributed by atoms with Crippen molar-refractivity contribution in [2.75, 3.05) is 6.61 Å². The summed E-state index contributed by atoms with van der Waals surface area (Å²) in [4.78, 5) is 10.9. The van der Waals surface area contributed by atoms with E-state index in [9.17, 15) is 10.1 Å². The third-order valence-corrected chi connectivity index (χ3v) is 6.02. The first-order chi connectivity index (χ1) is 16.1. The Morgan fingerprint density at radius 2 is 1.94 bits per heavy atom. The molecule has 3 aromatic rings. The third-order valence-electron chi connectivity index (χ3n) is 6.02.